The molecule has 0 spiro atoms. The van der Waals surface area contributed by atoms with Crippen molar-refractivity contribution in [2.45, 2.75) is 6.04 Å². The van der Waals surface area contributed by atoms with Crippen molar-refractivity contribution in [3.8, 4) is 5.88 Å². The van der Waals surface area contributed by atoms with Crippen molar-refractivity contribution in [2.75, 3.05) is 25.2 Å². The first-order chi connectivity index (χ1) is 14.0. The van der Waals surface area contributed by atoms with Gasteiger partial charge in [-0.1, -0.05) is 0 Å². The molecule has 0 saturated carbocycles. The van der Waals surface area contributed by atoms with E-state index in [4.69, 9.17) is 10.5 Å². The zero-order chi connectivity index (χ0) is 20.5. The van der Waals surface area contributed by atoms with E-state index in [1.165, 1.54) is 23.7 Å². The number of halogens is 1. The summed E-state index contributed by atoms with van der Waals surface area (Å²) in [6.45, 7) is 0. The molecular weight excluding hydrogens is 399 g/mol. The van der Waals surface area contributed by atoms with Gasteiger partial charge in [0, 0.05) is 18.8 Å². The highest BCUT2D eigenvalue weighted by Gasteiger charge is 2.27. The second kappa shape index (κ2) is 7.54. The fraction of sp³-hybridized carbons (Fsp3) is 0.235. The Morgan fingerprint density at radius 2 is 2.17 bits per heavy atom. The molecule has 3 aromatic rings. The van der Waals surface area contributed by atoms with Crippen LogP contribution in [-0.4, -0.2) is 54.3 Å². The van der Waals surface area contributed by atoms with Crippen LogP contribution in [0.3, 0.4) is 0 Å². The quantitative estimate of drug-likeness (QED) is 0.650. The lowest BCUT2D eigenvalue weighted by atomic mass is 10.1. The molecule has 4 rings (SSSR count). The van der Waals surface area contributed by atoms with E-state index in [9.17, 15) is 8.60 Å². The average Bonchev–Trinajstić information content (AvgIpc) is 2.72. The van der Waals surface area contributed by atoms with Crippen LogP contribution in [-0.2, 0) is 11.0 Å². The highest BCUT2D eigenvalue weighted by Crippen LogP contribution is 2.28. The number of pyridine rings is 2. The van der Waals surface area contributed by atoms with Crippen LogP contribution in [0.15, 0.2) is 35.7 Å². The van der Waals surface area contributed by atoms with Crippen LogP contribution in [0.25, 0.3) is 11.0 Å². The maximum Gasteiger partial charge on any atom is 0.232 e. The molecule has 2 unspecified atom stereocenters. The van der Waals surface area contributed by atoms with Gasteiger partial charge in [-0.25, -0.2) is 33.5 Å². The van der Waals surface area contributed by atoms with Gasteiger partial charge in [-0.15, -0.1) is 0 Å². The number of rotatable bonds is 4. The summed E-state index contributed by atoms with van der Waals surface area (Å²) in [4.78, 5) is 21.2. The van der Waals surface area contributed by atoms with E-state index in [-0.39, 0.29) is 17.3 Å². The van der Waals surface area contributed by atoms with Gasteiger partial charge in [0.05, 0.1) is 36.8 Å². The molecule has 3 N–H and O–H groups in total. The van der Waals surface area contributed by atoms with Crippen molar-refractivity contribution in [1.29, 1.82) is 0 Å². The lowest BCUT2D eigenvalue weighted by molar-refractivity contribution is 0.397. The second-order valence-electron chi connectivity index (χ2n) is 6.14. The van der Waals surface area contributed by atoms with Crippen LogP contribution in [0.2, 0.25) is 0 Å². The minimum atomic E-state index is -1.39. The zero-order valence-electron chi connectivity index (χ0n) is 15.5. The monoisotopic (exact) mass is 416 g/mol. The minimum Gasteiger partial charge on any atom is -0.480 e. The molecule has 0 saturated heterocycles. The number of methoxy groups -OCH3 is 1. The third-order valence-electron chi connectivity index (χ3n) is 4.35. The predicted molar refractivity (Wildman–Crippen MR) is 106 cm³/mol. The van der Waals surface area contributed by atoms with Gasteiger partial charge in [0.25, 0.3) is 0 Å². The third kappa shape index (κ3) is 3.66. The van der Waals surface area contributed by atoms with E-state index < -0.39 is 22.8 Å². The van der Waals surface area contributed by atoms with Crippen LogP contribution >= 0.6 is 0 Å². The standard InChI is InChI=1S/C17H17FN8O2S/c1-26-17(19)24-12(8-29(26)27)9-5-13(21-6-10(9)18)25-16-15-11(3-4-20-16)23-14(28-2)7-22-15/h3-7,12H,8H2,1-2H3,(H2,19,24)(H,20,21,25). The first-order valence-electron chi connectivity index (χ1n) is 8.50. The van der Waals surface area contributed by atoms with Gasteiger partial charge >= 0.3 is 0 Å². The minimum absolute atomic E-state index is 0.0882. The number of ether oxygens (including phenoxy) is 1. The summed E-state index contributed by atoms with van der Waals surface area (Å²) in [5.74, 6) is 0.757. The Balaban J connectivity index is 1.69. The third-order valence-corrected chi connectivity index (χ3v) is 5.75. The Labute approximate surface area is 167 Å². The van der Waals surface area contributed by atoms with Crippen LogP contribution < -0.4 is 15.8 Å². The molecule has 1 aliphatic heterocycles. The number of aliphatic imine (C=N–C) groups is 1. The number of nitrogens with two attached hydrogens (primary N) is 1. The van der Waals surface area contributed by atoms with Gasteiger partial charge in [0.1, 0.15) is 28.1 Å². The van der Waals surface area contributed by atoms with E-state index in [2.05, 4.69) is 30.2 Å². The van der Waals surface area contributed by atoms with Gasteiger partial charge in [0.15, 0.2) is 5.82 Å². The van der Waals surface area contributed by atoms with Crippen molar-refractivity contribution in [1.82, 2.24) is 24.2 Å². The Hall–Kier alpha value is -3.41. The topological polar surface area (TPSA) is 132 Å². The van der Waals surface area contributed by atoms with Crippen molar-refractivity contribution >= 4 is 39.6 Å². The van der Waals surface area contributed by atoms with Gasteiger partial charge in [-0.2, -0.15) is 0 Å². The molecule has 0 aromatic carbocycles. The summed E-state index contributed by atoms with van der Waals surface area (Å²) in [7, 11) is 1.69. The average molecular weight is 416 g/mol. The molecule has 1 aliphatic rings. The van der Waals surface area contributed by atoms with Crippen molar-refractivity contribution in [2.24, 2.45) is 10.7 Å². The molecule has 150 valence electrons. The first-order valence-corrected chi connectivity index (χ1v) is 9.77. The fourth-order valence-electron chi connectivity index (χ4n) is 2.81. The van der Waals surface area contributed by atoms with Gasteiger partial charge < -0.3 is 15.8 Å². The molecular formula is C17H17FN8O2S. The summed E-state index contributed by atoms with van der Waals surface area (Å²) in [6.07, 6.45) is 4.11. The smallest absolute Gasteiger partial charge is 0.232 e. The number of hydrogen-bond acceptors (Lipinski definition) is 9. The van der Waals surface area contributed by atoms with Crippen LogP contribution in [0.4, 0.5) is 16.0 Å². The second-order valence-corrected chi connectivity index (χ2v) is 7.67. The van der Waals surface area contributed by atoms with Gasteiger partial charge in [-0.3, -0.25) is 4.31 Å². The number of nitrogens with one attached hydrogen (secondary N) is 1. The van der Waals surface area contributed by atoms with Crippen molar-refractivity contribution in [3.63, 3.8) is 0 Å². The van der Waals surface area contributed by atoms with Crippen LogP contribution in [0, 0.1) is 5.82 Å². The maximum absolute atomic E-state index is 14.4. The predicted octanol–water partition coefficient (Wildman–Crippen LogP) is 1.28. The largest absolute Gasteiger partial charge is 0.480 e. The molecule has 4 heterocycles. The first kappa shape index (κ1) is 18.9. The normalized spacial score (nSPS) is 19.1. The molecule has 0 radical (unpaired) electrons. The lowest BCUT2D eigenvalue weighted by Gasteiger charge is -2.26. The maximum atomic E-state index is 14.4. The molecule has 2 atom stereocenters. The highest BCUT2D eigenvalue weighted by atomic mass is 32.2. The summed E-state index contributed by atoms with van der Waals surface area (Å²) in [6, 6.07) is 2.52. The number of fused-ring (bicyclic) bond motifs is 1. The Morgan fingerprint density at radius 3 is 2.93 bits per heavy atom. The molecule has 29 heavy (non-hydrogen) atoms. The van der Waals surface area contributed by atoms with E-state index in [0.29, 0.717) is 28.5 Å². The Bertz CT molecular complexity index is 1140. The summed E-state index contributed by atoms with van der Waals surface area (Å²) >= 11 is 0. The number of guanidine groups is 1. The fourth-order valence-corrected chi connectivity index (χ4v) is 3.81. The van der Waals surface area contributed by atoms with E-state index in [0.717, 1.165) is 6.20 Å². The zero-order valence-corrected chi connectivity index (χ0v) is 16.4. The number of anilines is 2. The van der Waals surface area contributed by atoms with Crippen LogP contribution in [0.1, 0.15) is 11.6 Å². The molecule has 0 fully saturated rings. The molecule has 10 nitrogen and oxygen atoms in total. The summed E-state index contributed by atoms with van der Waals surface area (Å²) in [5, 5.41) is 3.02. The van der Waals surface area contributed by atoms with E-state index in [1.807, 2.05) is 0 Å². The molecule has 3 aromatic heterocycles. The SMILES string of the molecule is COc1cnc2c(Nc3cc(C4CS(=O)N(C)C(N)=N4)c(F)cn3)nccc2n1. The molecule has 0 bridgehead atoms. The number of hydrogen-bond donors (Lipinski definition) is 2. The Kier molecular flexibility index (Phi) is 4.92. The van der Waals surface area contributed by atoms with Gasteiger partial charge in [0.2, 0.25) is 11.8 Å². The highest BCUT2D eigenvalue weighted by molar-refractivity contribution is 7.83. The van der Waals surface area contributed by atoms with Crippen molar-refractivity contribution in [3.05, 3.63) is 42.1 Å². The van der Waals surface area contributed by atoms with E-state index in [1.54, 1.807) is 19.3 Å². The molecule has 0 aliphatic carbocycles. The van der Waals surface area contributed by atoms with Crippen molar-refractivity contribution < 1.29 is 13.3 Å². The lowest BCUT2D eigenvalue weighted by Crippen LogP contribution is -2.41. The van der Waals surface area contributed by atoms with Gasteiger partial charge in [-0.05, 0) is 12.1 Å². The number of aromatic nitrogens is 4. The van der Waals surface area contributed by atoms with E-state index >= 15 is 0 Å². The number of nitrogens with zero attached hydrogens (tertiary/aromatic N) is 6. The summed E-state index contributed by atoms with van der Waals surface area (Å²) < 4.78 is 33.0. The summed E-state index contributed by atoms with van der Waals surface area (Å²) in [5.41, 5.74) is 7.10. The molecule has 0 amide bonds. The Morgan fingerprint density at radius 1 is 1.34 bits per heavy atom. The molecule has 12 heteroatoms. The van der Waals surface area contributed by atoms with Crippen LogP contribution in [0.5, 0.6) is 5.88 Å².